The first-order chi connectivity index (χ1) is 14.6. The molecule has 1 amide bonds. The Bertz CT molecular complexity index is 1000. The Hall–Kier alpha value is -2.43. The normalized spacial score (nSPS) is 15.2. The molecule has 0 unspecified atom stereocenters. The number of nitrogens with one attached hydrogen (secondary N) is 1. The molecule has 168 valence electrons. The molecule has 0 aliphatic carbocycles. The minimum Gasteiger partial charge on any atom is -0.367 e. The van der Waals surface area contributed by atoms with Crippen LogP contribution in [-0.2, 0) is 27.9 Å². The molecule has 1 heterocycles. The maximum atomic E-state index is 12.7. The van der Waals surface area contributed by atoms with Crippen LogP contribution in [-0.4, -0.2) is 44.5 Å². The zero-order chi connectivity index (χ0) is 22.5. The van der Waals surface area contributed by atoms with Crippen molar-refractivity contribution in [1.82, 2.24) is 9.62 Å². The third-order valence-electron chi connectivity index (χ3n) is 4.81. The number of carbonyl (C=O) groups excluding carboxylic acids is 1. The predicted octanol–water partition coefficient (Wildman–Crippen LogP) is 3.48. The van der Waals surface area contributed by atoms with Gasteiger partial charge < -0.3 is 10.1 Å². The molecule has 1 N–H and O–H groups in total. The summed E-state index contributed by atoms with van der Waals surface area (Å²) in [5.74, 6) is -0.420. The van der Waals surface area contributed by atoms with Crippen molar-refractivity contribution in [1.29, 1.82) is 0 Å². The molecule has 0 spiro atoms. The van der Waals surface area contributed by atoms with E-state index in [-0.39, 0.29) is 23.6 Å². The van der Waals surface area contributed by atoms with Crippen molar-refractivity contribution in [3.63, 3.8) is 0 Å². The third kappa shape index (κ3) is 6.52. The second-order valence-corrected chi connectivity index (χ2v) is 9.18. The average molecular weight is 456 g/mol. The van der Waals surface area contributed by atoms with E-state index < -0.39 is 28.7 Å². The van der Waals surface area contributed by atoms with Gasteiger partial charge in [-0.25, -0.2) is 8.42 Å². The van der Waals surface area contributed by atoms with E-state index in [1.165, 1.54) is 22.5 Å². The summed E-state index contributed by atoms with van der Waals surface area (Å²) in [5, 5.41) is 2.72. The number of amides is 1. The minimum absolute atomic E-state index is 0.0882. The number of nitrogens with zero attached hydrogens (tertiary/aromatic N) is 1. The van der Waals surface area contributed by atoms with Gasteiger partial charge in [0, 0.05) is 25.2 Å². The van der Waals surface area contributed by atoms with Crippen molar-refractivity contribution in [2.75, 3.05) is 19.7 Å². The highest BCUT2D eigenvalue weighted by Crippen LogP contribution is 2.21. The molecular formula is C21H23F3N2O4S. The van der Waals surface area contributed by atoms with Gasteiger partial charge in [0.25, 0.3) is 5.91 Å². The van der Waals surface area contributed by atoms with Gasteiger partial charge in [0.2, 0.25) is 10.0 Å². The first-order valence-electron chi connectivity index (χ1n) is 9.76. The monoisotopic (exact) mass is 456 g/mol. The summed E-state index contributed by atoms with van der Waals surface area (Å²) < 4.78 is 67.7. The summed E-state index contributed by atoms with van der Waals surface area (Å²) in [7, 11) is -3.61. The summed E-state index contributed by atoms with van der Waals surface area (Å²) >= 11 is 0. The molecular weight excluding hydrogens is 433 g/mol. The van der Waals surface area contributed by atoms with Gasteiger partial charge in [-0.3, -0.25) is 4.79 Å². The Kier molecular flexibility index (Phi) is 7.34. The molecule has 1 aliphatic rings. The van der Waals surface area contributed by atoms with E-state index in [2.05, 4.69) is 10.1 Å². The van der Waals surface area contributed by atoms with Crippen molar-refractivity contribution in [2.24, 2.45) is 0 Å². The molecule has 0 radical (unpaired) electrons. The van der Waals surface area contributed by atoms with Gasteiger partial charge in [0.15, 0.2) is 0 Å². The molecule has 2 aromatic carbocycles. The summed E-state index contributed by atoms with van der Waals surface area (Å²) in [5.41, 5.74) is 1.56. The minimum atomic E-state index is -4.37. The molecule has 2 aromatic rings. The van der Waals surface area contributed by atoms with Crippen LogP contribution in [0.5, 0.6) is 0 Å². The standard InChI is InChI=1S/C21H23F3N2O4S/c22-21(23,24)15-30-14-17-8-6-16(7-9-17)13-25-20(27)18-4-3-5-19(12-18)31(28,29)26-10-1-2-11-26/h3-9,12H,1-2,10-11,13-15H2,(H,25,27). The largest absolute Gasteiger partial charge is 0.411 e. The number of ether oxygens (including phenoxy) is 1. The summed E-state index contributed by atoms with van der Waals surface area (Å²) in [6, 6.07) is 12.5. The highest BCUT2D eigenvalue weighted by Gasteiger charge is 2.28. The molecule has 1 aliphatic heterocycles. The number of halogens is 3. The van der Waals surface area contributed by atoms with E-state index in [4.69, 9.17) is 0 Å². The first kappa shape index (κ1) is 23.2. The quantitative estimate of drug-likeness (QED) is 0.660. The lowest BCUT2D eigenvalue weighted by Crippen LogP contribution is -2.28. The molecule has 6 nitrogen and oxygen atoms in total. The van der Waals surface area contributed by atoms with Gasteiger partial charge in [0.1, 0.15) is 6.61 Å². The number of hydrogen-bond donors (Lipinski definition) is 1. The number of alkyl halides is 3. The summed E-state index contributed by atoms with van der Waals surface area (Å²) in [4.78, 5) is 12.6. The van der Waals surface area contributed by atoms with Gasteiger partial charge in [-0.1, -0.05) is 30.3 Å². The fourth-order valence-corrected chi connectivity index (χ4v) is 4.76. The predicted molar refractivity (Wildman–Crippen MR) is 108 cm³/mol. The second-order valence-electron chi connectivity index (χ2n) is 7.25. The van der Waals surface area contributed by atoms with Crippen molar-refractivity contribution in [3.05, 3.63) is 65.2 Å². The van der Waals surface area contributed by atoms with Gasteiger partial charge in [-0.15, -0.1) is 0 Å². The van der Waals surface area contributed by atoms with Crippen LogP contribution in [0.15, 0.2) is 53.4 Å². The molecule has 0 saturated carbocycles. The Labute approximate surface area is 179 Å². The van der Waals surface area contributed by atoms with Crippen LogP contribution >= 0.6 is 0 Å². The molecule has 31 heavy (non-hydrogen) atoms. The smallest absolute Gasteiger partial charge is 0.367 e. The lowest BCUT2D eigenvalue weighted by molar-refractivity contribution is -0.176. The van der Waals surface area contributed by atoms with Gasteiger partial charge >= 0.3 is 6.18 Å². The fraction of sp³-hybridized carbons (Fsp3) is 0.381. The molecule has 1 fully saturated rings. The zero-order valence-corrected chi connectivity index (χ0v) is 17.5. The van der Waals surface area contributed by atoms with E-state index in [1.807, 2.05) is 0 Å². The number of rotatable bonds is 8. The number of hydrogen-bond acceptors (Lipinski definition) is 4. The Morgan fingerprint density at radius 3 is 2.32 bits per heavy atom. The average Bonchev–Trinajstić information content (AvgIpc) is 3.28. The first-order valence-corrected chi connectivity index (χ1v) is 11.2. The van der Waals surface area contributed by atoms with Gasteiger partial charge in [-0.05, 0) is 42.2 Å². The molecule has 3 rings (SSSR count). The zero-order valence-electron chi connectivity index (χ0n) is 16.7. The number of carbonyl (C=O) groups is 1. The molecule has 0 bridgehead atoms. The summed E-state index contributed by atoms with van der Waals surface area (Å²) in [6.07, 6.45) is -2.71. The van der Waals surface area contributed by atoms with Crippen LogP contribution in [0.4, 0.5) is 13.2 Å². The van der Waals surface area contributed by atoms with E-state index in [9.17, 15) is 26.4 Å². The van der Waals surface area contributed by atoms with Gasteiger partial charge in [0.05, 0.1) is 11.5 Å². The van der Waals surface area contributed by atoms with Crippen molar-refractivity contribution >= 4 is 15.9 Å². The van der Waals surface area contributed by atoms with E-state index >= 15 is 0 Å². The molecule has 10 heteroatoms. The Morgan fingerprint density at radius 2 is 1.68 bits per heavy atom. The highest BCUT2D eigenvalue weighted by molar-refractivity contribution is 7.89. The maximum absolute atomic E-state index is 12.7. The fourth-order valence-electron chi connectivity index (χ4n) is 3.20. The van der Waals surface area contributed by atoms with Crippen LogP contribution in [0.3, 0.4) is 0 Å². The van der Waals surface area contributed by atoms with E-state index in [0.29, 0.717) is 18.7 Å². The van der Waals surface area contributed by atoms with Crippen LogP contribution in [0.2, 0.25) is 0 Å². The van der Waals surface area contributed by atoms with Crippen molar-refractivity contribution in [3.8, 4) is 0 Å². The maximum Gasteiger partial charge on any atom is 0.411 e. The van der Waals surface area contributed by atoms with Crippen LogP contribution in [0.25, 0.3) is 0 Å². The Balaban J connectivity index is 1.56. The number of sulfonamides is 1. The van der Waals surface area contributed by atoms with Crippen molar-refractivity contribution in [2.45, 2.75) is 37.1 Å². The molecule has 0 atom stereocenters. The SMILES string of the molecule is O=C(NCc1ccc(COCC(F)(F)F)cc1)c1cccc(S(=O)(=O)N2CCCC2)c1. The highest BCUT2D eigenvalue weighted by atomic mass is 32.2. The van der Waals surface area contributed by atoms with E-state index in [1.54, 1.807) is 30.3 Å². The lowest BCUT2D eigenvalue weighted by Gasteiger charge is -2.16. The van der Waals surface area contributed by atoms with E-state index in [0.717, 1.165) is 18.4 Å². The van der Waals surface area contributed by atoms with Crippen LogP contribution < -0.4 is 5.32 Å². The van der Waals surface area contributed by atoms with Crippen LogP contribution in [0.1, 0.15) is 34.3 Å². The Morgan fingerprint density at radius 1 is 1.03 bits per heavy atom. The lowest BCUT2D eigenvalue weighted by atomic mass is 10.1. The number of benzene rings is 2. The second kappa shape index (κ2) is 9.80. The topological polar surface area (TPSA) is 75.7 Å². The van der Waals surface area contributed by atoms with Crippen LogP contribution in [0, 0.1) is 0 Å². The van der Waals surface area contributed by atoms with Crippen molar-refractivity contribution < 1.29 is 31.1 Å². The molecule has 0 aromatic heterocycles. The molecule has 1 saturated heterocycles. The summed E-state index contributed by atoms with van der Waals surface area (Å²) in [6.45, 7) is -0.320. The van der Waals surface area contributed by atoms with Gasteiger partial charge in [-0.2, -0.15) is 17.5 Å². The third-order valence-corrected chi connectivity index (χ3v) is 6.70.